The van der Waals surface area contributed by atoms with Gasteiger partial charge < -0.3 is 10.3 Å². The molecule has 1 heterocycles. The van der Waals surface area contributed by atoms with E-state index in [9.17, 15) is 0 Å². The Morgan fingerprint density at radius 3 is 2.75 bits per heavy atom. The maximum atomic E-state index is 5.62. The Morgan fingerprint density at radius 1 is 1.38 bits per heavy atom. The topological polar surface area (TPSA) is 43.8 Å². The van der Waals surface area contributed by atoms with Gasteiger partial charge in [-0.25, -0.2) is 4.98 Å². The fourth-order valence-electron chi connectivity index (χ4n) is 2.71. The second-order valence-corrected chi connectivity index (χ2v) is 5.01. The number of nitrogens with zero attached hydrogens (tertiary/aromatic N) is 2. The monoisotopic (exact) mass is 221 g/mol. The molecule has 0 saturated heterocycles. The Bertz CT molecular complexity index is 324. The van der Waals surface area contributed by atoms with Crippen molar-refractivity contribution in [1.29, 1.82) is 0 Å². The second kappa shape index (κ2) is 5.48. The lowest BCUT2D eigenvalue weighted by Crippen LogP contribution is -2.07. The van der Waals surface area contributed by atoms with Crippen LogP contribution in [0.3, 0.4) is 0 Å². The lowest BCUT2D eigenvalue weighted by Gasteiger charge is -2.20. The van der Waals surface area contributed by atoms with Gasteiger partial charge in [-0.1, -0.05) is 32.1 Å². The van der Waals surface area contributed by atoms with Gasteiger partial charge >= 0.3 is 0 Å². The Hall–Kier alpha value is -0.830. The first kappa shape index (κ1) is 11.6. The first-order valence-electron chi connectivity index (χ1n) is 6.51. The third-order valence-electron chi connectivity index (χ3n) is 3.74. The van der Waals surface area contributed by atoms with E-state index in [0.717, 1.165) is 18.2 Å². The molecule has 0 aliphatic heterocycles. The van der Waals surface area contributed by atoms with Crippen molar-refractivity contribution in [1.82, 2.24) is 9.55 Å². The van der Waals surface area contributed by atoms with E-state index in [1.807, 2.05) is 7.05 Å². The molecule has 0 radical (unpaired) electrons. The van der Waals surface area contributed by atoms with Crippen LogP contribution in [0, 0.1) is 5.92 Å². The summed E-state index contributed by atoms with van der Waals surface area (Å²) in [5, 5.41) is 0. The van der Waals surface area contributed by atoms with Gasteiger partial charge in [-0.15, -0.1) is 0 Å². The number of nitrogens with two attached hydrogens (primary N) is 1. The highest BCUT2D eigenvalue weighted by atomic mass is 15.1. The van der Waals surface area contributed by atoms with E-state index in [1.54, 1.807) is 0 Å². The molecule has 0 amide bonds. The molecule has 90 valence electrons. The van der Waals surface area contributed by atoms with Gasteiger partial charge in [-0.3, -0.25) is 0 Å². The molecule has 1 aromatic heterocycles. The molecule has 3 heteroatoms. The third kappa shape index (κ3) is 2.85. The number of hydrogen-bond donors (Lipinski definition) is 1. The number of aryl methyl sites for hydroxylation is 2. The summed E-state index contributed by atoms with van der Waals surface area (Å²) in [4.78, 5) is 4.55. The average molecular weight is 221 g/mol. The molecule has 1 aromatic rings. The summed E-state index contributed by atoms with van der Waals surface area (Å²) in [5.74, 6) is 1.94. The van der Waals surface area contributed by atoms with Gasteiger partial charge in [0.2, 0.25) is 0 Å². The van der Waals surface area contributed by atoms with Gasteiger partial charge in [-0.05, 0) is 18.8 Å². The minimum absolute atomic E-state index is 0.542. The van der Waals surface area contributed by atoms with Crippen molar-refractivity contribution in [3.05, 3.63) is 17.7 Å². The Labute approximate surface area is 98.1 Å². The molecule has 3 nitrogen and oxygen atoms in total. The van der Waals surface area contributed by atoms with Crippen LogP contribution >= 0.6 is 0 Å². The molecular formula is C13H23N3. The lowest BCUT2D eigenvalue weighted by molar-refractivity contribution is 0.338. The van der Waals surface area contributed by atoms with Crippen molar-refractivity contribution >= 4 is 0 Å². The summed E-state index contributed by atoms with van der Waals surface area (Å²) < 4.78 is 2.05. The van der Waals surface area contributed by atoms with Crippen LogP contribution in [0.25, 0.3) is 0 Å². The maximum absolute atomic E-state index is 5.62. The SMILES string of the molecule is Cn1cc(CCC2CCCCC2)nc1CN. The minimum atomic E-state index is 0.542. The highest BCUT2D eigenvalue weighted by Crippen LogP contribution is 2.27. The van der Waals surface area contributed by atoms with E-state index < -0.39 is 0 Å². The van der Waals surface area contributed by atoms with Crippen molar-refractivity contribution in [3.8, 4) is 0 Å². The third-order valence-corrected chi connectivity index (χ3v) is 3.74. The van der Waals surface area contributed by atoms with Crippen LogP contribution in [0.5, 0.6) is 0 Å². The quantitative estimate of drug-likeness (QED) is 0.848. The normalized spacial score (nSPS) is 17.9. The van der Waals surface area contributed by atoms with Gasteiger partial charge in [0.1, 0.15) is 5.82 Å². The molecule has 0 unspecified atom stereocenters. The molecular weight excluding hydrogens is 198 g/mol. The first-order valence-corrected chi connectivity index (χ1v) is 6.51. The summed E-state index contributed by atoms with van der Waals surface area (Å²) in [6, 6.07) is 0. The van der Waals surface area contributed by atoms with Crippen LogP contribution in [0.1, 0.15) is 50.0 Å². The van der Waals surface area contributed by atoms with Crippen LogP contribution in [0.15, 0.2) is 6.20 Å². The second-order valence-electron chi connectivity index (χ2n) is 5.01. The van der Waals surface area contributed by atoms with Crippen molar-refractivity contribution < 1.29 is 0 Å². The van der Waals surface area contributed by atoms with Gasteiger partial charge in [0, 0.05) is 13.2 Å². The molecule has 2 N–H and O–H groups in total. The molecule has 1 aliphatic rings. The van der Waals surface area contributed by atoms with Gasteiger partial charge in [0.15, 0.2) is 0 Å². The smallest absolute Gasteiger partial charge is 0.122 e. The van der Waals surface area contributed by atoms with E-state index in [1.165, 1.54) is 44.2 Å². The fraction of sp³-hybridized carbons (Fsp3) is 0.769. The Kier molecular flexibility index (Phi) is 3.99. The molecule has 0 bridgehead atoms. The number of hydrogen-bond acceptors (Lipinski definition) is 2. The zero-order valence-electron chi connectivity index (χ0n) is 10.3. The van der Waals surface area contributed by atoms with Gasteiger partial charge in [0.05, 0.1) is 12.2 Å². The van der Waals surface area contributed by atoms with Crippen LogP contribution in [-0.2, 0) is 20.0 Å². The lowest BCUT2D eigenvalue weighted by atomic mass is 9.86. The molecule has 16 heavy (non-hydrogen) atoms. The molecule has 1 aliphatic carbocycles. The first-order chi connectivity index (χ1) is 7.79. The molecule has 0 atom stereocenters. The predicted octanol–water partition coefficient (Wildman–Crippen LogP) is 2.39. The zero-order chi connectivity index (χ0) is 11.4. The van der Waals surface area contributed by atoms with Crippen molar-refractivity contribution in [2.24, 2.45) is 18.7 Å². The zero-order valence-corrected chi connectivity index (χ0v) is 10.3. The van der Waals surface area contributed by atoms with Crippen LogP contribution in [0.4, 0.5) is 0 Å². The molecule has 0 aromatic carbocycles. The summed E-state index contributed by atoms with van der Waals surface area (Å²) in [6.07, 6.45) is 11.7. The largest absolute Gasteiger partial charge is 0.337 e. The highest BCUT2D eigenvalue weighted by Gasteiger charge is 2.14. The predicted molar refractivity (Wildman–Crippen MR) is 66.0 cm³/mol. The molecule has 1 fully saturated rings. The molecule has 1 saturated carbocycles. The molecule has 2 rings (SSSR count). The van der Waals surface area contributed by atoms with Crippen LogP contribution in [-0.4, -0.2) is 9.55 Å². The fourth-order valence-corrected chi connectivity index (χ4v) is 2.71. The number of imidazole rings is 1. The van der Waals surface area contributed by atoms with E-state index in [-0.39, 0.29) is 0 Å². The van der Waals surface area contributed by atoms with Gasteiger partial charge in [-0.2, -0.15) is 0 Å². The summed E-state index contributed by atoms with van der Waals surface area (Å²) >= 11 is 0. The summed E-state index contributed by atoms with van der Waals surface area (Å²) in [5.41, 5.74) is 6.84. The number of rotatable bonds is 4. The van der Waals surface area contributed by atoms with E-state index >= 15 is 0 Å². The van der Waals surface area contributed by atoms with Gasteiger partial charge in [0.25, 0.3) is 0 Å². The molecule has 0 spiro atoms. The van der Waals surface area contributed by atoms with E-state index in [0.29, 0.717) is 6.54 Å². The average Bonchev–Trinajstić information content (AvgIpc) is 2.69. The minimum Gasteiger partial charge on any atom is -0.337 e. The van der Waals surface area contributed by atoms with Crippen LogP contribution in [0.2, 0.25) is 0 Å². The summed E-state index contributed by atoms with van der Waals surface area (Å²) in [7, 11) is 2.03. The van der Waals surface area contributed by atoms with Crippen LogP contribution < -0.4 is 5.73 Å². The highest BCUT2D eigenvalue weighted by molar-refractivity contribution is 5.03. The summed E-state index contributed by atoms with van der Waals surface area (Å²) in [6.45, 7) is 0.542. The van der Waals surface area contributed by atoms with E-state index in [4.69, 9.17) is 5.73 Å². The Morgan fingerprint density at radius 2 is 2.12 bits per heavy atom. The Balaban J connectivity index is 1.83. The van der Waals surface area contributed by atoms with Crippen molar-refractivity contribution in [2.45, 2.75) is 51.5 Å². The standard InChI is InChI=1S/C13H23N3/c1-16-10-12(15-13(16)9-14)8-7-11-5-3-2-4-6-11/h10-11H,2-9,14H2,1H3. The maximum Gasteiger partial charge on any atom is 0.122 e. The van der Waals surface area contributed by atoms with E-state index in [2.05, 4.69) is 15.7 Å². The van der Waals surface area contributed by atoms with Crippen molar-refractivity contribution in [2.75, 3.05) is 0 Å². The number of aromatic nitrogens is 2. The van der Waals surface area contributed by atoms with Crippen molar-refractivity contribution in [3.63, 3.8) is 0 Å².